The lowest BCUT2D eigenvalue weighted by Crippen LogP contribution is -2.13. The summed E-state index contributed by atoms with van der Waals surface area (Å²) in [6.07, 6.45) is 0. The van der Waals surface area contributed by atoms with Crippen LogP contribution in [0.1, 0.15) is 23.0 Å². The maximum atomic E-state index is 6.20. The molecule has 0 aliphatic carbocycles. The maximum absolute atomic E-state index is 6.20. The number of aromatic amines is 1. The van der Waals surface area contributed by atoms with E-state index in [0.29, 0.717) is 11.6 Å². The van der Waals surface area contributed by atoms with Crippen molar-refractivity contribution in [2.24, 2.45) is 5.73 Å². The van der Waals surface area contributed by atoms with Gasteiger partial charge in [0, 0.05) is 0 Å². The Labute approximate surface area is 115 Å². The fourth-order valence-corrected chi connectivity index (χ4v) is 2.52. The van der Waals surface area contributed by atoms with Crippen LogP contribution in [-0.4, -0.2) is 15.2 Å². The van der Waals surface area contributed by atoms with Crippen LogP contribution in [0.2, 0.25) is 0 Å². The molecular formula is C14H14N4S. The minimum absolute atomic E-state index is 0.276. The molecule has 2 aromatic heterocycles. The minimum Gasteiger partial charge on any atom is -0.318 e. The van der Waals surface area contributed by atoms with Gasteiger partial charge < -0.3 is 5.73 Å². The largest absolute Gasteiger partial charge is 0.318 e. The van der Waals surface area contributed by atoms with Gasteiger partial charge in [0.05, 0.1) is 10.9 Å². The first kappa shape index (κ1) is 12.1. The summed E-state index contributed by atoms with van der Waals surface area (Å²) in [4.78, 5) is 5.51. The lowest BCUT2D eigenvalue weighted by molar-refractivity contribution is 0.787. The molecule has 0 saturated carbocycles. The predicted molar refractivity (Wildman–Crippen MR) is 76.9 cm³/mol. The standard InChI is InChI=1S/C14H14N4S/c1-9-4-6-10(7-5-9)12(15)14-16-13(17-18-14)11-3-2-8-19-11/h2-8,12H,15H2,1H3,(H,16,17,18). The van der Waals surface area contributed by atoms with Crippen LogP contribution in [0.15, 0.2) is 41.8 Å². The maximum Gasteiger partial charge on any atom is 0.191 e. The van der Waals surface area contributed by atoms with Gasteiger partial charge >= 0.3 is 0 Å². The molecule has 96 valence electrons. The first-order valence-electron chi connectivity index (χ1n) is 6.02. The zero-order chi connectivity index (χ0) is 13.2. The van der Waals surface area contributed by atoms with Crippen LogP contribution < -0.4 is 5.73 Å². The molecule has 0 amide bonds. The molecule has 1 aromatic carbocycles. The van der Waals surface area contributed by atoms with Crippen LogP contribution in [0.5, 0.6) is 0 Å². The third-order valence-electron chi connectivity index (χ3n) is 2.98. The molecule has 3 rings (SSSR count). The Balaban J connectivity index is 1.88. The monoisotopic (exact) mass is 270 g/mol. The first-order valence-corrected chi connectivity index (χ1v) is 6.90. The zero-order valence-electron chi connectivity index (χ0n) is 10.5. The number of benzene rings is 1. The molecule has 0 saturated heterocycles. The van der Waals surface area contributed by atoms with E-state index in [0.717, 1.165) is 10.4 Å². The molecule has 1 unspecified atom stereocenters. The second kappa shape index (κ2) is 4.95. The number of aromatic nitrogens is 3. The molecular weight excluding hydrogens is 256 g/mol. The van der Waals surface area contributed by atoms with Crippen molar-refractivity contribution in [3.63, 3.8) is 0 Å². The number of nitrogens with two attached hydrogens (primary N) is 1. The second-order valence-electron chi connectivity index (χ2n) is 4.41. The predicted octanol–water partition coefficient (Wildman–Crippen LogP) is 2.89. The van der Waals surface area contributed by atoms with Gasteiger partial charge in [-0.05, 0) is 23.9 Å². The molecule has 0 bridgehead atoms. The molecule has 0 spiro atoms. The average molecular weight is 270 g/mol. The van der Waals surface area contributed by atoms with Gasteiger partial charge in [-0.15, -0.1) is 11.3 Å². The number of rotatable bonds is 3. The Kier molecular flexibility index (Phi) is 3.15. The summed E-state index contributed by atoms with van der Waals surface area (Å²) in [6.45, 7) is 2.05. The number of H-pyrrole nitrogens is 1. The average Bonchev–Trinajstić information content (AvgIpc) is 3.10. The Hall–Kier alpha value is -1.98. The molecule has 19 heavy (non-hydrogen) atoms. The lowest BCUT2D eigenvalue weighted by Gasteiger charge is -2.08. The molecule has 1 atom stereocenters. The quantitative estimate of drug-likeness (QED) is 0.769. The molecule has 3 N–H and O–H groups in total. The first-order chi connectivity index (χ1) is 9.24. The van der Waals surface area contributed by atoms with E-state index in [1.165, 1.54) is 5.56 Å². The highest BCUT2D eigenvalue weighted by molar-refractivity contribution is 7.13. The summed E-state index contributed by atoms with van der Waals surface area (Å²) < 4.78 is 0. The number of hydrogen-bond acceptors (Lipinski definition) is 4. The summed E-state index contributed by atoms with van der Waals surface area (Å²) in [7, 11) is 0. The van der Waals surface area contributed by atoms with Crippen LogP contribution >= 0.6 is 11.3 Å². The minimum atomic E-state index is -0.276. The Bertz CT molecular complexity index is 655. The van der Waals surface area contributed by atoms with Crippen molar-refractivity contribution in [2.45, 2.75) is 13.0 Å². The molecule has 2 heterocycles. The highest BCUT2D eigenvalue weighted by Gasteiger charge is 2.14. The van der Waals surface area contributed by atoms with Gasteiger partial charge in [-0.1, -0.05) is 35.9 Å². The fraction of sp³-hybridized carbons (Fsp3) is 0.143. The highest BCUT2D eigenvalue weighted by Crippen LogP contribution is 2.23. The van der Waals surface area contributed by atoms with Crippen LogP contribution in [0.4, 0.5) is 0 Å². The summed E-state index contributed by atoms with van der Waals surface area (Å²) >= 11 is 1.61. The number of nitrogens with zero attached hydrogens (tertiary/aromatic N) is 2. The normalized spacial score (nSPS) is 12.5. The van der Waals surface area contributed by atoms with Gasteiger partial charge in [0.1, 0.15) is 5.82 Å². The molecule has 0 radical (unpaired) electrons. The molecule has 4 nitrogen and oxygen atoms in total. The molecule has 0 aliphatic rings. The van der Waals surface area contributed by atoms with Gasteiger partial charge in [-0.3, -0.25) is 5.10 Å². The summed E-state index contributed by atoms with van der Waals surface area (Å²) in [5.41, 5.74) is 8.45. The molecule has 0 fully saturated rings. The van der Waals surface area contributed by atoms with Gasteiger partial charge in [0.2, 0.25) is 0 Å². The van der Waals surface area contributed by atoms with Gasteiger partial charge in [0.15, 0.2) is 5.82 Å². The summed E-state index contributed by atoms with van der Waals surface area (Å²) in [5, 5.41) is 9.15. The Morgan fingerprint density at radius 2 is 2.00 bits per heavy atom. The van der Waals surface area contributed by atoms with Gasteiger partial charge in [-0.2, -0.15) is 5.10 Å². The van der Waals surface area contributed by atoms with Gasteiger partial charge in [-0.25, -0.2) is 4.98 Å². The molecule has 5 heteroatoms. The van der Waals surface area contributed by atoms with E-state index >= 15 is 0 Å². The van der Waals surface area contributed by atoms with E-state index in [9.17, 15) is 0 Å². The van der Waals surface area contributed by atoms with Crippen molar-refractivity contribution in [2.75, 3.05) is 0 Å². The van der Waals surface area contributed by atoms with E-state index in [1.54, 1.807) is 11.3 Å². The fourth-order valence-electron chi connectivity index (χ4n) is 1.86. The molecule has 3 aromatic rings. The van der Waals surface area contributed by atoms with Gasteiger partial charge in [0.25, 0.3) is 0 Å². The third kappa shape index (κ3) is 2.43. The SMILES string of the molecule is Cc1ccc(C(N)c2nc(-c3cccs3)n[nH]2)cc1. The van der Waals surface area contributed by atoms with Crippen molar-refractivity contribution < 1.29 is 0 Å². The van der Waals surface area contributed by atoms with E-state index in [4.69, 9.17) is 5.73 Å². The lowest BCUT2D eigenvalue weighted by atomic mass is 10.1. The van der Waals surface area contributed by atoms with E-state index in [-0.39, 0.29) is 6.04 Å². The smallest absolute Gasteiger partial charge is 0.191 e. The van der Waals surface area contributed by atoms with Crippen molar-refractivity contribution in [3.05, 3.63) is 58.7 Å². The van der Waals surface area contributed by atoms with Crippen molar-refractivity contribution in [1.82, 2.24) is 15.2 Å². The van der Waals surface area contributed by atoms with Crippen LogP contribution in [0.25, 0.3) is 10.7 Å². The van der Waals surface area contributed by atoms with E-state index in [1.807, 2.05) is 41.8 Å². The highest BCUT2D eigenvalue weighted by atomic mass is 32.1. The molecule has 0 aliphatic heterocycles. The number of thiophene rings is 1. The Morgan fingerprint density at radius 1 is 1.21 bits per heavy atom. The number of hydrogen-bond donors (Lipinski definition) is 2. The second-order valence-corrected chi connectivity index (χ2v) is 5.36. The van der Waals surface area contributed by atoms with E-state index in [2.05, 4.69) is 22.1 Å². The number of nitrogens with one attached hydrogen (secondary N) is 1. The van der Waals surface area contributed by atoms with Crippen LogP contribution in [0, 0.1) is 6.92 Å². The van der Waals surface area contributed by atoms with Crippen molar-refractivity contribution in [1.29, 1.82) is 0 Å². The summed E-state index contributed by atoms with van der Waals surface area (Å²) in [6, 6.07) is 11.8. The van der Waals surface area contributed by atoms with Crippen LogP contribution in [-0.2, 0) is 0 Å². The van der Waals surface area contributed by atoms with Crippen molar-refractivity contribution in [3.8, 4) is 10.7 Å². The van der Waals surface area contributed by atoms with Crippen LogP contribution in [0.3, 0.4) is 0 Å². The number of aryl methyl sites for hydroxylation is 1. The van der Waals surface area contributed by atoms with E-state index < -0.39 is 0 Å². The summed E-state index contributed by atoms with van der Waals surface area (Å²) in [5.74, 6) is 1.39. The topological polar surface area (TPSA) is 67.6 Å². The zero-order valence-corrected chi connectivity index (χ0v) is 11.3. The van der Waals surface area contributed by atoms with Crippen molar-refractivity contribution >= 4 is 11.3 Å². The third-order valence-corrected chi connectivity index (χ3v) is 3.84. The Morgan fingerprint density at radius 3 is 2.68 bits per heavy atom.